The van der Waals surface area contributed by atoms with E-state index in [0.717, 1.165) is 29.1 Å². The number of likely N-dealkylation sites (N-methyl/N-ethyl adjacent to an activating group) is 1. The highest BCUT2D eigenvalue weighted by Crippen LogP contribution is 2.22. The number of nitrogens with one attached hydrogen (secondary N) is 2. The van der Waals surface area contributed by atoms with Crippen LogP contribution in [0.25, 0.3) is 11.3 Å². The lowest BCUT2D eigenvalue weighted by atomic mass is 10.1. The van der Waals surface area contributed by atoms with E-state index in [9.17, 15) is 4.39 Å². The topological polar surface area (TPSA) is 57.1 Å². The number of H-pyrrole nitrogens is 1. The number of benzene rings is 1. The first-order valence-electron chi connectivity index (χ1n) is 7.84. The Balaban J connectivity index is 1.65. The summed E-state index contributed by atoms with van der Waals surface area (Å²) in [6, 6.07) is 10.4. The van der Waals surface area contributed by atoms with E-state index in [-0.39, 0.29) is 11.9 Å². The van der Waals surface area contributed by atoms with Crippen molar-refractivity contribution in [3.8, 4) is 11.3 Å². The van der Waals surface area contributed by atoms with Crippen LogP contribution in [0.5, 0.6) is 0 Å². The van der Waals surface area contributed by atoms with Crippen LogP contribution in [0.2, 0.25) is 0 Å². The van der Waals surface area contributed by atoms with Crippen molar-refractivity contribution in [3.05, 3.63) is 66.0 Å². The first-order valence-corrected chi connectivity index (χ1v) is 7.84. The zero-order valence-electron chi connectivity index (χ0n) is 13.8. The molecule has 3 rings (SSSR count). The Morgan fingerprint density at radius 2 is 2.04 bits per heavy atom. The second kappa shape index (κ2) is 7.42. The van der Waals surface area contributed by atoms with Crippen LogP contribution < -0.4 is 5.32 Å². The van der Waals surface area contributed by atoms with Gasteiger partial charge in [-0.15, -0.1) is 0 Å². The smallest absolute Gasteiger partial charge is 0.123 e. The maximum Gasteiger partial charge on any atom is 0.123 e. The molecular weight excluding hydrogens is 307 g/mol. The summed E-state index contributed by atoms with van der Waals surface area (Å²) in [5, 5.41) is 10.5. The van der Waals surface area contributed by atoms with Crippen molar-refractivity contribution in [2.45, 2.75) is 12.6 Å². The minimum Gasteiger partial charge on any atom is -0.468 e. The molecule has 1 atom stereocenters. The SMILES string of the molecule is CN(C)C(CNCc1cn[nH]c1-c1ccc(F)cc1)c1ccco1. The van der Waals surface area contributed by atoms with Gasteiger partial charge in [0.2, 0.25) is 0 Å². The highest BCUT2D eigenvalue weighted by atomic mass is 19.1. The number of aromatic amines is 1. The van der Waals surface area contributed by atoms with E-state index in [1.54, 1.807) is 24.6 Å². The van der Waals surface area contributed by atoms with Crippen LogP contribution in [0.4, 0.5) is 4.39 Å². The summed E-state index contributed by atoms with van der Waals surface area (Å²) in [7, 11) is 4.05. The van der Waals surface area contributed by atoms with E-state index >= 15 is 0 Å². The molecule has 0 fully saturated rings. The molecule has 0 radical (unpaired) electrons. The molecule has 1 aromatic carbocycles. The molecule has 1 unspecified atom stereocenters. The summed E-state index contributed by atoms with van der Waals surface area (Å²) in [4.78, 5) is 2.11. The first kappa shape index (κ1) is 16.4. The summed E-state index contributed by atoms with van der Waals surface area (Å²) >= 11 is 0. The minimum atomic E-state index is -0.245. The molecule has 24 heavy (non-hydrogen) atoms. The Bertz CT molecular complexity index is 750. The standard InChI is InChI=1S/C18H21FN4O/c1-23(2)16(17-4-3-9-24-17)12-20-10-14-11-21-22-18(14)13-5-7-15(19)8-6-13/h3-9,11,16,20H,10,12H2,1-2H3,(H,21,22). The molecule has 0 amide bonds. The predicted octanol–water partition coefficient (Wildman–Crippen LogP) is 3.20. The van der Waals surface area contributed by atoms with Gasteiger partial charge in [-0.1, -0.05) is 0 Å². The molecule has 126 valence electrons. The van der Waals surface area contributed by atoms with Crippen LogP contribution in [-0.2, 0) is 6.54 Å². The van der Waals surface area contributed by atoms with Crippen LogP contribution in [0.3, 0.4) is 0 Å². The summed E-state index contributed by atoms with van der Waals surface area (Å²) in [5.74, 6) is 0.684. The number of aromatic nitrogens is 2. The summed E-state index contributed by atoms with van der Waals surface area (Å²) in [6.07, 6.45) is 3.48. The molecule has 0 aliphatic rings. The summed E-state index contributed by atoms with van der Waals surface area (Å²) in [6.45, 7) is 1.41. The van der Waals surface area contributed by atoms with E-state index < -0.39 is 0 Å². The molecule has 0 aliphatic carbocycles. The molecule has 5 nitrogen and oxygen atoms in total. The van der Waals surface area contributed by atoms with Gasteiger partial charge in [-0.2, -0.15) is 5.10 Å². The van der Waals surface area contributed by atoms with Crippen LogP contribution in [-0.4, -0.2) is 35.7 Å². The Labute approximate surface area is 140 Å². The Kier molecular flexibility index (Phi) is 5.08. The molecule has 6 heteroatoms. The zero-order chi connectivity index (χ0) is 16.9. The van der Waals surface area contributed by atoms with Gasteiger partial charge >= 0.3 is 0 Å². The molecule has 3 aromatic rings. The Hall–Kier alpha value is -2.44. The molecule has 0 spiro atoms. The lowest BCUT2D eigenvalue weighted by molar-refractivity contribution is 0.250. The maximum atomic E-state index is 13.1. The molecule has 0 saturated carbocycles. The van der Waals surface area contributed by atoms with Crippen molar-refractivity contribution in [2.75, 3.05) is 20.6 Å². The van der Waals surface area contributed by atoms with E-state index in [0.29, 0.717) is 6.54 Å². The number of rotatable bonds is 7. The number of furan rings is 1. The van der Waals surface area contributed by atoms with Crippen LogP contribution >= 0.6 is 0 Å². The predicted molar refractivity (Wildman–Crippen MR) is 90.8 cm³/mol. The Morgan fingerprint density at radius 1 is 1.25 bits per heavy atom. The van der Waals surface area contributed by atoms with Crippen molar-refractivity contribution in [1.82, 2.24) is 20.4 Å². The van der Waals surface area contributed by atoms with Crippen molar-refractivity contribution in [1.29, 1.82) is 0 Å². The Morgan fingerprint density at radius 3 is 2.71 bits per heavy atom. The van der Waals surface area contributed by atoms with Crippen molar-refractivity contribution in [3.63, 3.8) is 0 Å². The minimum absolute atomic E-state index is 0.154. The van der Waals surface area contributed by atoms with E-state index in [1.165, 1.54) is 12.1 Å². The highest BCUT2D eigenvalue weighted by molar-refractivity contribution is 5.62. The molecule has 2 heterocycles. The molecule has 2 aromatic heterocycles. The molecule has 0 saturated heterocycles. The fourth-order valence-electron chi connectivity index (χ4n) is 2.67. The van der Waals surface area contributed by atoms with E-state index in [1.807, 2.05) is 26.2 Å². The van der Waals surface area contributed by atoms with Gasteiger partial charge in [0.1, 0.15) is 11.6 Å². The average molecular weight is 328 g/mol. The molecule has 0 aliphatic heterocycles. The monoisotopic (exact) mass is 328 g/mol. The fraction of sp³-hybridized carbons (Fsp3) is 0.278. The third kappa shape index (κ3) is 3.72. The van der Waals surface area contributed by atoms with E-state index in [4.69, 9.17) is 4.42 Å². The van der Waals surface area contributed by atoms with Crippen molar-refractivity contribution < 1.29 is 8.81 Å². The van der Waals surface area contributed by atoms with Gasteiger partial charge in [0.15, 0.2) is 0 Å². The maximum absolute atomic E-state index is 13.1. The third-order valence-electron chi connectivity index (χ3n) is 4.00. The lowest BCUT2D eigenvalue weighted by Gasteiger charge is -2.22. The van der Waals surface area contributed by atoms with Gasteiger partial charge in [0.05, 0.1) is 24.2 Å². The fourth-order valence-corrected chi connectivity index (χ4v) is 2.67. The van der Waals surface area contributed by atoms with Gasteiger partial charge in [0.25, 0.3) is 0 Å². The second-order valence-electron chi connectivity index (χ2n) is 5.90. The summed E-state index contributed by atoms with van der Waals surface area (Å²) < 4.78 is 18.6. The summed E-state index contributed by atoms with van der Waals surface area (Å²) in [5.41, 5.74) is 2.86. The van der Waals surface area contributed by atoms with Crippen molar-refractivity contribution >= 4 is 0 Å². The molecular formula is C18H21FN4O. The van der Waals surface area contributed by atoms with Crippen molar-refractivity contribution in [2.24, 2.45) is 0 Å². The zero-order valence-corrected chi connectivity index (χ0v) is 13.8. The van der Waals surface area contributed by atoms with Crippen LogP contribution in [0.1, 0.15) is 17.4 Å². The van der Waals surface area contributed by atoms with Gasteiger partial charge < -0.3 is 9.73 Å². The highest BCUT2D eigenvalue weighted by Gasteiger charge is 2.17. The first-order chi connectivity index (χ1) is 11.6. The van der Waals surface area contributed by atoms with Crippen LogP contribution in [0.15, 0.2) is 53.3 Å². The number of hydrogen-bond donors (Lipinski definition) is 2. The normalized spacial score (nSPS) is 12.7. The lowest BCUT2D eigenvalue weighted by Crippen LogP contribution is -2.30. The van der Waals surface area contributed by atoms with E-state index in [2.05, 4.69) is 20.4 Å². The van der Waals surface area contributed by atoms with Gasteiger partial charge in [-0.05, 0) is 50.5 Å². The van der Waals surface area contributed by atoms with Crippen LogP contribution in [0, 0.1) is 5.82 Å². The number of hydrogen-bond acceptors (Lipinski definition) is 4. The van der Waals surface area contributed by atoms with Gasteiger partial charge in [-0.3, -0.25) is 10.00 Å². The largest absolute Gasteiger partial charge is 0.468 e. The molecule has 0 bridgehead atoms. The number of halogens is 1. The second-order valence-corrected chi connectivity index (χ2v) is 5.90. The van der Waals surface area contributed by atoms with Gasteiger partial charge in [0, 0.05) is 24.2 Å². The third-order valence-corrected chi connectivity index (χ3v) is 4.00. The number of nitrogens with zero attached hydrogens (tertiary/aromatic N) is 2. The molecule has 2 N–H and O–H groups in total. The quantitative estimate of drug-likeness (QED) is 0.699. The van der Waals surface area contributed by atoms with Gasteiger partial charge in [-0.25, -0.2) is 4.39 Å². The average Bonchev–Trinajstić information content (AvgIpc) is 3.23.